The van der Waals surface area contributed by atoms with E-state index in [1.165, 1.54) is 28.4 Å². The molecule has 0 saturated carbocycles. The highest BCUT2D eigenvalue weighted by Gasteiger charge is 2.33. The summed E-state index contributed by atoms with van der Waals surface area (Å²) in [4.78, 5) is 14.8. The lowest BCUT2D eigenvalue weighted by Crippen LogP contribution is -2.48. The van der Waals surface area contributed by atoms with Gasteiger partial charge in [0.2, 0.25) is 5.91 Å². The molecule has 1 fully saturated rings. The average molecular weight is 397 g/mol. The van der Waals surface area contributed by atoms with Crippen molar-refractivity contribution < 1.29 is 13.2 Å². The Bertz CT molecular complexity index is 715. The van der Waals surface area contributed by atoms with Crippen LogP contribution < -0.4 is 10.2 Å². The SMILES string of the molecule is CCN(CC)c1ccc(CNC(=O)[C@H]2CCCN(S(=O)(=O)N(C)C)C2)cc1. The highest BCUT2D eigenvalue weighted by molar-refractivity contribution is 7.86. The van der Waals surface area contributed by atoms with Crippen LogP contribution in [0.2, 0.25) is 0 Å². The molecule has 27 heavy (non-hydrogen) atoms. The molecule has 0 aliphatic carbocycles. The molecule has 1 aromatic carbocycles. The van der Waals surface area contributed by atoms with E-state index in [0.717, 1.165) is 18.7 Å². The van der Waals surface area contributed by atoms with Crippen LogP contribution in [-0.4, -0.2) is 63.2 Å². The second-order valence-corrected chi connectivity index (χ2v) is 9.19. The molecule has 1 aliphatic rings. The van der Waals surface area contributed by atoms with Gasteiger partial charge in [-0.05, 0) is 44.4 Å². The molecular formula is C19H32N4O3S. The minimum Gasteiger partial charge on any atom is -0.372 e. The number of amides is 1. The van der Waals surface area contributed by atoms with E-state index in [-0.39, 0.29) is 18.4 Å². The third-order valence-corrected chi connectivity index (χ3v) is 6.98. The van der Waals surface area contributed by atoms with Crippen molar-refractivity contribution in [1.82, 2.24) is 13.9 Å². The lowest BCUT2D eigenvalue weighted by molar-refractivity contribution is -0.126. The summed E-state index contributed by atoms with van der Waals surface area (Å²) in [7, 11) is -0.440. The number of carbonyl (C=O) groups excluding carboxylic acids is 1. The molecule has 2 rings (SSSR count). The summed E-state index contributed by atoms with van der Waals surface area (Å²) >= 11 is 0. The van der Waals surface area contributed by atoms with E-state index in [1.54, 1.807) is 0 Å². The van der Waals surface area contributed by atoms with E-state index in [4.69, 9.17) is 0 Å². The van der Waals surface area contributed by atoms with Crippen LogP contribution >= 0.6 is 0 Å². The summed E-state index contributed by atoms with van der Waals surface area (Å²) in [5.41, 5.74) is 2.21. The molecule has 0 spiro atoms. The number of piperidine rings is 1. The Labute approximate surface area is 163 Å². The minimum absolute atomic E-state index is 0.0820. The normalized spacial score (nSPS) is 18.5. The molecule has 1 aliphatic heterocycles. The molecule has 152 valence electrons. The molecule has 1 aromatic rings. The Morgan fingerprint density at radius 3 is 2.37 bits per heavy atom. The number of nitrogens with zero attached hydrogens (tertiary/aromatic N) is 3. The standard InChI is InChI=1S/C19H32N4O3S/c1-5-22(6-2)18-11-9-16(10-12-18)14-20-19(24)17-8-7-13-23(15-17)27(25,26)21(3)4/h9-12,17H,5-8,13-15H2,1-4H3,(H,20,24)/t17-/m0/s1. The highest BCUT2D eigenvalue weighted by atomic mass is 32.2. The molecule has 8 heteroatoms. The molecule has 1 heterocycles. The van der Waals surface area contributed by atoms with E-state index < -0.39 is 10.2 Å². The third-order valence-electron chi connectivity index (χ3n) is 5.07. The number of benzene rings is 1. The first kappa shape index (κ1) is 21.7. The Kier molecular flexibility index (Phi) is 7.64. The molecule has 1 atom stereocenters. The van der Waals surface area contributed by atoms with Gasteiger partial charge in [0.15, 0.2) is 0 Å². The fourth-order valence-electron chi connectivity index (χ4n) is 3.34. The molecule has 0 bridgehead atoms. The van der Waals surface area contributed by atoms with Crippen molar-refractivity contribution in [2.75, 3.05) is 45.2 Å². The summed E-state index contributed by atoms with van der Waals surface area (Å²) in [6.45, 7) is 7.34. The molecule has 1 amide bonds. The van der Waals surface area contributed by atoms with Gasteiger partial charge < -0.3 is 10.2 Å². The Hall–Kier alpha value is -1.64. The number of nitrogens with one attached hydrogen (secondary N) is 1. The van der Waals surface area contributed by atoms with Gasteiger partial charge in [-0.1, -0.05) is 12.1 Å². The van der Waals surface area contributed by atoms with E-state index in [9.17, 15) is 13.2 Å². The zero-order valence-corrected chi connectivity index (χ0v) is 17.6. The van der Waals surface area contributed by atoms with Crippen molar-refractivity contribution in [3.63, 3.8) is 0 Å². The number of carbonyl (C=O) groups is 1. The fourth-order valence-corrected chi connectivity index (χ4v) is 4.53. The molecular weight excluding hydrogens is 364 g/mol. The lowest BCUT2D eigenvalue weighted by atomic mass is 9.99. The summed E-state index contributed by atoms with van der Waals surface area (Å²) in [5.74, 6) is -0.384. The number of anilines is 1. The topological polar surface area (TPSA) is 73.0 Å². The lowest BCUT2D eigenvalue weighted by Gasteiger charge is -2.32. The first-order valence-corrected chi connectivity index (χ1v) is 11.0. The molecule has 1 saturated heterocycles. The van der Waals surface area contributed by atoms with Gasteiger partial charge in [-0.15, -0.1) is 0 Å². The predicted octanol–water partition coefficient (Wildman–Crippen LogP) is 1.67. The van der Waals surface area contributed by atoms with E-state index in [0.29, 0.717) is 25.9 Å². The molecule has 7 nitrogen and oxygen atoms in total. The Balaban J connectivity index is 1.91. The van der Waals surface area contributed by atoms with Crippen LogP contribution in [0, 0.1) is 5.92 Å². The van der Waals surface area contributed by atoms with Crippen molar-refractivity contribution in [2.45, 2.75) is 33.2 Å². The van der Waals surface area contributed by atoms with Crippen molar-refractivity contribution in [2.24, 2.45) is 5.92 Å². The van der Waals surface area contributed by atoms with Gasteiger partial charge in [0.05, 0.1) is 5.92 Å². The molecule has 0 aromatic heterocycles. The summed E-state index contributed by atoms with van der Waals surface area (Å²) < 4.78 is 27.2. The average Bonchev–Trinajstić information content (AvgIpc) is 2.68. The molecule has 0 unspecified atom stereocenters. The molecule has 1 N–H and O–H groups in total. The van der Waals surface area contributed by atoms with Crippen LogP contribution in [0.25, 0.3) is 0 Å². The van der Waals surface area contributed by atoms with Gasteiger partial charge in [-0.2, -0.15) is 17.0 Å². The van der Waals surface area contributed by atoms with Gasteiger partial charge in [-0.25, -0.2) is 0 Å². The largest absolute Gasteiger partial charge is 0.372 e. The van der Waals surface area contributed by atoms with Gasteiger partial charge >= 0.3 is 0 Å². The van der Waals surface area contributed by atoms with Crippen LogP contribution in [0.3, 0.4) is 0 Å². The summed E-state index contributed by atoms with van der Waals surface area (Å²) in [5, 5.41) is 2.96. The smallest absolute Gasteiger partial charge is 0.281 e. The zero-order chi connectivity index (χ0) is 20.0. The van der Waals surface area contributed by atoms with Crippen molar-refractivity contribution in [3.05, 3.63) is 29.8 Å². The zero-order valence-electron chi connectivity index (χ0n) is 16.8. The summed E-state index contributed by atoms with van der Waals surface area (Å²) in [6, 6.07) is 8.19. The van der Waals surface area contributed by atoms with E-state index in [2.05, 4.69) is 36.2 Å². The fraction of sp³-hybridized carbons (Fsp3) is 0.632. The van der Waals surface area contributed by atoms with Crippen LogP contribution in [0.1, 0.15) is 32.3 Å². The molecule has 0 radical (unpaired) electrons. The predicted molar refractivity (Wildman–Crippen MR) is 109 cm³/mol. The maximum Gasteiger partial charge on any atom is 0.281 e. The first-order chi connectivity index (χ1) is 12.8. The second-order valence-electron chi connectivity index (χ2n) is 7.04. The Morgan fingerprint density at radius 2 is 1.81 bits per heavy atom. The number of rotatable bonds is 8. The monoisotopic (exact) mass is 396 g/mol. The maximum absolute atomic E-state index is 12.5. The van der Waals surface area contributed by atoms with E-state index in [1.807, 2.05) is 12.1 Å². The van der Waals surface area contributed by atoms with Crippen LogP contribution in [0.15, 0.2) is 24.3 Å². The van der Waals surface area contributed by atoms with Crippen molar-refractivity contribution in [3.8, 4) is 0 Å². The third kappa shape index (κ3) is 5.43. The van der Waals surface area contributed by atoms with Gasteiger partial charge in [0.25, 0.3) is 10.2 Å². The van der Waals surface area contributed by atoms with Gasteiger partial charge in [0.1, 0.15) is 0 Å². The van der Waals surface area contributed by atoms with E-state index >= 15 is 0 Å². The Morgan fingerprint density at radius 1 is 1.19 bits per heavy atom. The first-order valence-electron chi connectivity index (χ1n) is 9.58. The quantitative estimate of drug-likeness (QED) is 0.725. The second kappa shape index (κ2) is 9.52. The van der Waals surface area contributed by atoms with Gasteiger partial charge in [0, 0.05) is 52.5 Å². The van der Waals surface area contributed by atoms with Crippen LogP contribution in [0.4, 0.5) is 5.69 Å². The number of hydrogen-bond acceptors (Lipinski definition) is 4. The van der Waals surface area contributed by atoms with Crippen molar-refractivity contribution >= 4 is 21.8 Å². The van der Waals surface area contributed by atoms with Gasteiger partial charge in [-0.3, -0.25) is 4.79 Å². The summed E-state index contributed by atoms with van der Waals surface area (Å²) in [6.07, 6.45) is 1.41. The maximum atomic E-state index is 12.5. The minimum atomic E-state index is -3.47. The highest BCUT2D eigenvalue weighted by Crippen LogP contribution is 2.21. The number of hydrogen-bond donors (Lipinski definition) is 1. The van der Waals surface area contributed by atoms with Crippen molar-refractivity contribution in [1.29, 1.82) is 0 Å². The van der Waals surface area contributed by atoms with Crippen LogP contribution in [0.5, 0.6) is 0 Å². The van der Waals surface area contributed by atoms with Crippen LogP contribution in [-0.2, 0) is 21.5 Å².